The minimum atomic E-state index is -0.935. The Labute approximate surface area is 62.4 Å². The number of carboxylic acids is 1. The van der Waals surface area contributed by atoms with Gasteiger partial charge in [-0.25, -0.2) is 4.79 Å². The minimum Gasteiger partial charge on any atom is -0.478 e. The van der Waals surface area contributed by atoms with Gasteiger partial charge in [0.2, 0.25) is 0 Å². The SMILES string of the molecule is C=C(C)C(=O)O.[Pb]. The van der Waals surface area contributed by atoms with Crippen LogP contribution in [0.25, 0.3) is 0 Å². The summed E-state index contributed by atoms with van der Waals surface area (Å²) in [6.07, 6.45) is 0. The van der Waals surface area contributed by atoms with Gasteiger partial charge in [-0.2, -0.15) is 0 Å². The molecule has 0 aliphatic heterocycles. The van der Waals surface area contributed by atoms with Gasteiger partial charge in [-0.3, -0.25) is 0 Å². The van der Waals surface area contributed by atoms with Crippen molar-refractivity contribution in [3.05, 3.63) is 12.2 Å². The molecule has 3 heteroatoms. The summed E-state index contributed by atoms with van der Waals surface area (Å²) in [6.45, 7) is 4.60. The molecule has 1 N–H and O–H groups in total. The molecule has 0 atom stereocenters. The number of rotatable bonds is 1. The first kappa shape index (κ1) is 10.2. The molecule has 0 unspecified atom stereocenters. The third-order valence-corrected chi connectivity index (χ3v) is 0.365. The van der Waals surface area contributed by atoms with Crippen LogP contribution in [0, 0.1) is 0 Å². The van der Waals surface area contributed by atoms with Crippen LogP contribution in [-0.2, 0) is 4.79 Å². The average molecular weight is 293 g/mol. The summed E-state index contributed by atoms with van der Waals surface area (Å²) in [7, 11) is 0. The molecule has 0 amide bonds. The van der Waals surface area contributed by atoms with Gasteiger partial charge in [0.1, 0.15) is 0 Å². The Kier molecular flexibility index (Phi) is 6.25. The minimum absolute atomic E-state index is 0. The second-order valence-corrected chi connectivity index (χ2v) is 1.09. The maximum atomic E-state index is 9.60. The zero-order valence-corrected chi connectivity index (χ0v) is 7.95. The molecule has 0 aliphatic carbocycles. The van der Waals surface area contributed by atoms with Crippen molar-refractivity contribution in [2.45, 2.75) is 6.92 Å². The summed E-state index contributed by atoms with van der Waals surface area (Å²) < 4.78 is 0. The summed E-state index contributed by atoms with van der Waals surface area (Å²) in [5, 5.41) is 7.89. The smallest absolute Gasteiger partial charge is 0.330 e. The third-order valence-electron chi connectivity index (χ3n) is 0.365. The summed E-state index contributed by atoms with van der Waals surface area (Å²) >= 11 is 0. The molecule has 0 rings (SSSR count). The van der Waals surface area contributed by atoms with Crippen LogP contribution in [0.4, 0.5) is 0 Å². The molecule has 0 bridgehead atoms. The monoisotopic (exact) mass is 294 g/mol. The first-order valence-electron chi connectivity index (χ1n) is 1.53. The van der Waals surface area contributed by atoms with Gasteiger partial charge in [-0.1, -0.05) is 6.58 Å². The van der Waals surface area contributed by atoms with Crippen molar-refractivity contribution in [1.29, 1.82) is 0 Å². The van der Waals surface area contributed by atoms with E-state index in [4.69, 9.17) is 5.11 Å². The number of aliphatic carboxylic acids is 1. The molecular weight excluding hydrogens is 287 g/mol. The molecule has 0 aliphatic rings. The van der Waals surface area contributed by atoms with Gasteiger partial charge >= 0.3 is 5.97 Å². The molecule has 38 valence electrons. The van der Waals surface area contributed by atoms with Crippen molar-refractivity contribution in [3.63, 3.8) is 0 Å². The number of hydrogen-bond acceptors (Lipinski definition) is 1. The van der Waals surface area contributed by atoms with Crippen molar-refractivity contribution in [1.82, 2.24) is 0 Å². The van der Waals surface area contributed by atoms with E-state index in [1.165, 1.54) is 6.92 Å². The van der Waals surface area contributed by atoms with Crippen LogP contribution in [0.5, 0.6) is 0 Å². The van der Waals surface area contributed by atoms with E-state index < -0.39 is 5.97 Å². The van der Waals surface area contributed by atoms with Crippen LogP contribution < -0.4 is 0 Å². The first-order chi connectivity index (χ1) is 2.64. The van der Waals surface area contributed by atoms with Crippen LogP contribution >= 0.6 is 0 Å². The van der Waals surface area contributed by atoms with Crippen LogP contribution in [0.2, 0.25) is 0 Å². The molecule has 7 heavy (non-hydrogen) atoms. The number of carboxylic acid groups (broad SMARTS) is 1. The zero-order valence-electron chi connectivity index (χ0n) is 4.06. The van der Waals surface area contributed by atoms with E-state index in [0.29, 0.717) is 0 Å². The molecule has 0 heterocycles. The van der Waals surface area contributed by atoms with Crippen molar-refractivity contribution in [2.24, 2.45) is 0 Å². The molecule has 0 fully saturated rings. The Morgan fingerprint density at radius 1 is 1.71 bits per heavy atom. The predicted molar refractivity (Wildman–Crippen MR) is 28.2 cm³/mol. The van der Waals surface area contributed by atoms with E-state index in [1.807, 2.05) is 0 Å². The molecule has 4 radical (unpaired) electrons. The molecule has 0 aromatic heterocycles. The van der Waals surface area contributed by atoms with Crippen LogP contribution in [0.3, 0.4) is 0 Å². The van der Waals surface area contributed by atoms with Crippen molar-refractivity contribution in [2.75, 3.05) is 0 Å². The molecular formula is C4H6O2Pb. The molecule has 0 saturated carbocycles. The molecule has 0 spiro atoms. The Morgan fingerprint density at radius 3 is 1.86 bits per heavy atom. The Balaban J connectivity index is 0. The third kappa shape index (κ3) is 6.13. The fourth-order valence-corrected chi connectivity index (χ4v) is 0. The van der Waals surface area contributed by atoms with Gasteiger partial charge in [0, 0.05) is 32.9 Å². The summed E-state index contributed by atoms with van der Waals surface area (Å²) in [4.78, 5) is 9.60. The zero-order chi connectivity index (χ0) is 5.15. The normalized spacial score (nSPS) is 6.43. The molecule has 0 aromatic rings. The Hall–Kier alpha value is 0.132. The van der Waals surface area contributed by atoms with Gasteiger partial charge in [0.25, 0.3) is 0 Å². The quantitative estimate of drug-likeness (QED) is 0.556. The van der Waals surface area contributed by atoms with Gasteiger partial charge < -0.3 is 5.11 Å². The predicted octanol–water partition coefficient (Wildman–Crippen LogP) is 0.266. The summed E-state index contributed by atoms with van der Waals surface area (Å²) in [6, 6.07) is 0. The van der Waals surface area contributed by atoms with Gasteiger partial charge in [-0.05, 0) is 6.92 Å². The largest absolute Gasteiger partial charge is 0.478 e. The van der Waals surface area contributed by atoms with Crippen molar-refractivity contribution in [3.8, 4) is 0 Å². The molecule has 2 nitrogen and oxygen atoms in total. The fraction of sp³-hybridized carbons (Fsp3) is 0.250. The van der Waals surface area contributed by atoms with Crippen LogP contribution in [-0.4, -0.2) is 38.4 Å². The Morgan fingerprint density at radius 2 is 1.86 bits per heavy atom. The number of carbonyl (C=O) groups is 1. The Bertz CT molecular complexity index is 75.7. The second-order valence-electron chi connectivity index (χ2n) is 1.09. The summed E-state index contributed by atoms with van der Waals surface area (Å²) in [5.41, 5.74) is 0.176. The standard InChI is InChI=1S/C4H6O2.Pb/c1-3(2)4(5)6;/h1H2,2H3,(H,5,6);. The van der Waals surface area contributed by atoms with E-state index in [-0.39, 0.29) is 32.9 Å². The maximum Gasteiger partial charge on any atom is 0.330 e. The van der Waals surface area contributed by atoms with E-state index in [1.54, 1.807) is 0 Å². The molecule has 0 saturated heterocycles. The second kappa shape index (κ2) is 4.30. The maximum absolute atomic E-state index is 9.60. The van der Waals surface area contributed by atoms with Gasteiger partial charge in [-0.15, -0.1) is 0 Å². The fourth-order valence-electron chi connectivity index (χ4n) is 0. The molecule has 0 aromatic carbocycles. The number of hydrogen-bond donors (Lipinski definition) is 1. The van der Waals surface area contributed by atoms with Gasteiger partial charge in [0.05, 0.1) is 0 Å². The van der Waals surface area contributed by atoms with Crippen LogP contribution in [0.15, 0.2) is 12.2 Å². The topological polar surface area (TPSA) is 37.3 Å². The van der Waals surface area contributed by atoms with Crippen molar-refractivity contribution < 1.29 is 9.90 Å². The van der Waals surface area contributed by atoms with Gasteiger partial charge in [0.15, 0.2) is 0 Å². The summed E-state index contributed by atoms with van der Waals surface area (Å²) in [5.74, 6) is -0.935. The van der Waals surface area contributed by atoms with E-state index in [2.05, 4.69) is 6.58 Å². The first-order valence-corrected chi connectivity index (χ1v) is 1.53. The van der Waals surface area contributed by atoms with Crippen LogP contribution in [0.1, 0.15) is 6.92 Å². The van der Waals surface area contributed by atoms with E-state index >= 15 is 0 Å². The van der Waals surface area contributed by atoms with Crippen molar-refractivity contribution >= 4 is 33.3 Å². The van der Waals surface area contributed by atoms with E-state index in [0.717, 1.165) is 0 Å². The van der Waals surface area contributed by atoms with E-state index in [9.17, 15) is 4.79 Å². The average Bonchev–Trinajstić information content (AvgIpc) is 1.36.